The molecule has 1 fully saturated rings. The van der Waals surface area contributed by atoms with Crippen LogP contribution in [0.3, 0.4) is 0 Å². The minimum absolute atomic E-state index is 0.0576. The molecule has 55 heavy (non-hydrogen) atoms. The molecule has 0 amide bonds. The van der Waals surface area contributed by atoms with Crippen molar-refractivity contribution in [2.45, 2.75) is 86.3 Å². The number of alkyl halides is 7. The highest BCUT2D eigenvalue weighted by Gasteiger charge is 2.74. The van der Waals surface area contributed by atoms with Gasteiger partial charge in [-0.2, -0.15) is 26.3 Å². The number of aliphatic hydroxyl groups is 1. The lowest BCUT2D eigenvalue weighted by molar-refractivity contribution is -0.326. The highest BCUT2D eigenvalue weighted by molar-refractivity contribution is 6.01. The van der Waals surface area contributed by atoms with Gasteiger partial charge in [-0.05, 0) is 121 Å². The Bertz CT molecular complexity index is 1590. The van der Waals surface area contributed by atoms with E-state index in [-0.39, 0.29) is 11.5 Å². The van der Waals surface area contributed by atoms with Gasteiger partial charge in [0.25, 0.3) is 0 Å². The number of carbonyl (C=O) groups excluding carboxylic acids is 2. The number of aryl methyl sites for hydroxylation is 1. The third-order valence-corrected chi connectivity index (χ3v) is 7.28. The van der Waals surface area contributed by atoms with Gasteiger partial charge in [-0.3, -0.25) is 19.6 Å². The molecule has 3 N–H and O–H groups in total. The lowest BCUT2D eigenvalue weighted by Gasteiger charge is -2.29. The number of anilines is 1. The zero-order valence-corrected chi connectivity index (χ0v) is 33.7. The van der Waals surface area contributed by atoms with Crippen LogP contribution in [-0.4, -0.2) is 75.3 Å². The van der Waals surface area contributed by atoms with Gasteiger partial charge in [0.2, 0.25) is 0 Å². The molecule has 0 saturated heterocycles. The smallest absolute Gasteiger partial charge is 0.437 e. The Morgan fingerprint density at radius 2 is 1.58 bits per heavy atom. The summed E-state index contributed by atoms with van der Waals surface area (Å²) in [7, 11) is 5.37. The Morgan fingerprint density at radius 3 is 1.85 bits per heavy atom. The molecule has 0 unspecified atom stereocenters. The van der Waals surface area contributed by atoms with E-state index in [2.05, 4.69) is 66.2 Å². The molecule has 1 aliphatic rings. The number of aldehydes is 1. The number of Topliss-reactive ketones (excluding diaryl/α,β-unsaturated/α-hetero) is 1. The molecular formula is C41H57F7N4O3. The fourth-order valence-electron chi connectivity index (χ4n) is 3.98. The van der Waals surface area contributed by atoms with E-state index in [0.29, 0.717) is 23.3 Å². The Hall–Kier alpha value is -4.77. The molecular weight excluding hydrogens is 729 g/mol. The van der Waals surface area contributed by atoms with Crippen molar-refractivity contribution in [3.8, 4) is 11.8 Å². The van der Waals surface area contributed by atoms with Gasteiger partial charge >= 0.3 is 18.0 Å². The fraction of sp³-hybridized carbons (Fsp3) is 0.463. The minimum atomic E-state index is -6.16. The number of hydrogen-bond acceptors (Lipinski definition) is 7. The molecule has 2 rings (SSSR count). The van der Waals surface area contributed by atoms with Crippen molar-refractivity contribution in [3.63, 3.8) is 0 Å². The quantitative estimate of drug-likeness (QED) is 0.0303. The third kappa shape index (κ3) is 21.0. The summed E-state index contributed by atoms with van der Waals surface area (Å²) in [5.41, 5.74) is -1.77. The van der Waals surface area contributed by atoms with Crippen LogP contribution in [0.1, 0.15) is 82.8 Å². The maximum absolute atomic E-state index is 12.7. The summed E-state index contributed by atoms with van der Waals surface area (Å²) in [6.07, 6.45) is -1.52. The second-order valence-electron chi connectivity index (χ2n) is 12.3. The zero-order chi connectivity index (χ0) is 43.7. The molecule has 1 saturated carbocycles. The molecule has 14 heteroatoms. The molecule has 0 radical (unpaired) electrons. The van der Waals surface area contributed by atoms with E-state index >= 15 is 0 Å². The lowest BCUT2D eigenvalue weighted by Crippen LogP contribution is -2.54. The Balaban J connectivity index is -0.000000632. The number of ketones is 1. The summed E-state index contributed by atoms with van der Waals surface area (Å²) >= 11 is 0. The van der Waals surface area contributed by atoms with Crippen LogP contribution in [0.2, 0.25) is 0 Å². The van der Waals surface area contributed by atoms with Gasteiger partial charge in [-0.25, -0.2) is 4.39 Å². The van der Waals surface area contributed by atoms with Crippen LogP contribution in [0.15, 0.2) is 82.2 Å². The maximum atomic E-state index is 12.7. The average molecular weight is 787 g/mol. The van der Waals surface area contributed by atoms with Crippen molar-refractivity contribution >= 4 is 30.2 Å². The van der Waals surface area contributed by atoms with Crippen molar-refractivity contribution in [1.82, 2.24) is 5.32 Å². The first-order chi connectivity index (χ1) is 25.3. The second-order valence-corrected chi connectivity index (χ2v) is 12.3. The number of nitrogens with zero attached hydrogens (tertiary/aromatic N) is 2. The number of aliphatic hydroxyl groups excluding tert-OH is 1. The largest absolute Gasteiger partial charge is 0.508 e. The van der Waals surface area contributed by atoms with Gasteiger partial charge in [-0.1, -0.05) is 45.1 Å². The molecule has 0 atom stereocenters. The maximum Gasteiger partial charge on any atom is 0.437 e. The zero-order valence-electron chi connectivity index (χ0n) is 33.7. The number of nitrogens with one attached hydrogen (secondary N) is 2. The van der Waals surface area contributed by atoms with Gasteiger partial charge in [0.15, 0.2) is 5.78 Å². The lowest BCUT2D eigenvalue weighted by atomic mass is 10.0. The number of carbonyl (C=O) groups is 2. The molecule has 1 aliphatic carbocycles. The minimum Gasteiger partial charge on any atom is -0.508 e. The predicted octanol–water partition coefficient (Wildman–Crippen LogP) is 10.7. The summed E-state index contributed by atoms with van der Waals surface area (Å²) in [5, 5.41) is 15.0. The van der Waals surface area contributed by atoms with Crippen molar-refractivity contribution in [2.24, 2.45) is 21.8 Å². The van der Waals surface area contributed by atoms with Gasteiger partial charge < -0.3 is 15.7 Å². The highest BCUT2D eigenvalue weighted by atomic mass is 19.4. The topological polar surface area (TPSA) is 103 Å². The normalized spacial score (nSPS) is 13.2. The van der Waals surface area contributed by atoms with E-state index in [0.717, 1.165) is 40.6 Å². The monoisotopic (exact) mass is 786 g/mol. The van der Waals surface area contributed by atoms with Crippen LogP contribution in [0.5, 0.6) is 0 Å². The SMILES string of the molecule is C=C(C)/C(O)=C\C=C/C.C=NC(=C)C(F)(C(F)(F)F)C(F)(F)F.CC#Cc1cc(C)c(NC)c(C(C)=O)c1.CC(C)C1CC1.CN=C(/C=C(\C)C=O)CNC. The first kappa shape index (κ1) is 54.6. The van der Waals surface area contributed by atoms with Crippen LogP contribution in [0.4, 0.5) is 36.4 Å². The number of rotatable bonds is 11. The summed E-state index contributed by atoms with van der Waals surface area (Å²) in [6.45, 7) is 24.2. The third-order valence-electron chi connectivity index (χ3n) is 7.28. The number of hydrogen-bond donors (Lipinski definition) is 3. The van der Waals surface area contributed by atoms with Gasteiger partial charge in [-0.15, -0.1) is 5.92 Å². The molecule has 0 aromatic heterocycles. The van der Waals surface area contributed by atoms with Crippen LogP contribution < -0.4 is 10.6 Å². The molecule has 308 valence electrons. The molecule has 7 nitrogen and oxygen atoms in total. The fourth-order valence-corrected chi connectivity index (χ4v) is 3.98. The Labute approximate surface area is 322 Å². The van der Waals surface area contributed by atoms with E-state index in [1.165, 1.54) is 12.8 Å². The summed E-state index contributed by atoms with van der Waals surface area (Å²) in [6, 6.07) is 3.81. The van der Waals surface area contributed by atoms with E-state index < -0.39 is 23.7 Å². The predicted molar refractivity (Wildman–Crippen MR) is 213 cm³/mol. The molecule has 1 aromatic rings. The van der Waals surface area contributed by atoms with E-state index in [4.69, 9.17) is 5.11 Å². The van der Waals surface area contributed by atoms with Crippen molar-refractivity contribution in [2.75, 3.05) is 33.0 Å². The van der Waals surface area contributed by atoms with Crippen LogP contribution in [0.25, 0.3) is 0 Å². The number of allylic oxidation sites excluding steroid dienone is 6. The average Bonchev–Trinajstić information content (AvgIpc) is 3.96. The van der Waals surface area contributed by atoms with Gasteiger partial charge in [0.05, 0.1) is 5.70 Å². The Morgan fingerprint density at radius 1 is 1.05 bits per heavy atom. The summed E-state index contributed by atoms with van der Waals surface area (Å²) in [4.78, 5) is 27.9. The van der Waals surface area contributed by atoms with Crippen LogP contribution in [0, 0.1) is 30.6 Å². The first-order valence-electron chi connectivity index (χ1n) is 17.0. The van der Waals surface area contributed by atoms with E-state index in [1.807, 2.05) is 46.2 Å². The highest BCUT2D eigenvalue weighted by Crippen LogP contribution is 2.50. The molecule has 1 aromatic carbocycles. The van der Waals surface area contributed by atoms with Gasteiger partial charge in [0, 0.05) is 43.2 Å². The number of halogens is 7. The van der Waals surface area contributed by atoms with Crippen molar-refractivity contribution in [3.05, 3.63) is 88.9 Å². The standard InChI is InChI=1S/C13H15NO.C8H14N2O.C8H12O.C6H4F7N.C6H12/c1-5-6-11-7-9(2)13(14-4)12(8-11)10(3)15;1-7(6-11)4-8(10-3)5-9-2;1-4-5-6-8(9)7(2)3;1-3(14-2)4(7,5(8,9)10)6(11,12)13;1-5(2)6-3-4-6/h7-8,14H,1-4H3;4,6,9H,5H2,1-3H3;4-6,9H,2H2,1,3H3;1-2H2;5-6H,3-4H2,1-2H3/b;7-4+,10-8?;5-4-,8-6+;;. The first-order valence-corrected chi connectivity index (χ1v) is 17.0. The van der Waals surface area contributed by atoms with E-state index in [1.54, 1.807) is 53.0 Å². The Kier molecular flexibility index (Phi) is 26.7. The molecule has 0 bridgehead atoms. The van der Waals surface area contributed by atoms with Crippen LogP contribution in [-0.2, 0) is 4.79 Å². The number of aliphatic imine (C=N–C) groups is 2. The van der Waals surface area contributed by atoms with Crippen molar-refractivity contribution in [1.29, 1.82) is 0 Å². The van der Waals surface area contributed by atoms with Crippen LogP contribution >= 0.6 is 0 Å². The molecule has 0 heterocycles. The molecule has 0 aliphatic heterocycles. The molecule has 0 spiro atoms. The van der Waals surface area contributed by atoms with Crippen molar-refractivity contribution < 1.29 is 45.4 Å². The van der Waals surface area contributed by atoms with E-state index in [9.17, 15) is 40.3 Å². The summed E-state index contributed by atoms with van der Waals surface area (Å²) < 4.78 is 83.5. The second kappa shape index (κ2) is 26.9. The number of benzene rings is 1. The summed E-state index contributed by atoms with van der Waals surface area (Å²) in [5.74, 6) is 8.16. The van der Waals surface area contributed by atoms with Gasteiger partial charge in [0.1, 0.15) is 12.0 Å².